The van der Waals surface area contributed by atoms with Crippen molar-refractivity contribution in [1.82, 2.24) is 0 Å². The van der Waals surface area contributed by atoms with E-state index in [-0.39, 0.29) is 11.7 Å². The molecule has 0 aromatic heterocycles. The van der Waals surface area contributed by atoms with Crippen LogP contribution in [0, 0.1) is 10.1 Å². The zero-order valence-corrected chi connectivity index (χ0v) is 8.81. The number of nitrogens with two attached hydrogens (primary N) is 1. The maximum absolute atomic E-state index is 10.4. The van der Waals surface area contributed by atoms with Crippen LogP contribution in [0.5, 0.6) is 0 Å². The number of nitrogens with zero attached hydrogens (tertiary/aromatic N) is 1. The molecule has 0 saturated heterocycles. The van der Waals surface area contributed by atoms with Crippen molar-refractivity contribution in [2.75, 3.05) is 0 Å². The van der Waals surface area contributed by atoms with E-state index in [0.29, 0.717) is 0 Å². The highest BCUT2D eigenvalue weighted by molar-refractivity contribution is 5.55. The maximum atomic E-state index is 10.4. The van der Waals surface area contributed by atoms with E-state index in [4.69, 9.17) is 5.73 Å². The van der Waals surface area contributed by atoms with Gasteiger partial charge in [-0.05, 0) is 31.5 Å². The largest absolute Gasteiger partial charge is 0.324 e. The zero-order chi connectivity index (χ0) is 11.4. The number of nitro groups is 1. The number of non-ortho nitro benzene ring substituents is 1. The standard InChI is InChI=1S/C11H14N2O2/c1-8(9(2)12)7-10-3-5-11(6-4-10)13(14)15/h3-7,9H,12H2,1-2H3/b8-7+/t9-/m1/s1. The Hall–Kier alpha value is -1.68. The Labute approximate surface area is 88.6 Å². The van der Waals surface area contributed by atoms with E-state index < -0.39 is 4.92 Å². The van der Waals surface area contributed by atoms with Gasteiger partial charge in [-0.2, -0.15) is 0 Å². The van der Waals surface area contributed by atoms with Gasteiger partial charge in [-0.25, -0.2) is 0 Å². The van der Waals surface area contributed by atoms with Crippen LogP contribution >= 0.6 is 0 Å². The van der Waals surface area contributed by atoms with E-state index in [2.05, 4.69) is 0 Å². The molecular formula is C11H14N2O2. The number of hydrogen-bond acceptors (Lipinski definition) is 3. The molecule has 0 aliphatic rings. The molecule has 0 saturated carbocycles. The summed E-state index contributed by atoms with van der Waals surface area (Å²) in [5.74, 6) is 0. The Morgan fingerprint density at radius 2 is 2.00 bits per heavy atom. The van der Waals surface area contributed by atoms with Crippen molar-refractivity contribution in [3.8, 4) is 0 Å². The van der Waals surface area contributed by atoms with E-state index in [1.165, 1.54) is 12.1 Å². The van der Waals surface area contributed by atoms with Crippen LogP contribution in [-0.4, -0.2) is 11.0 Å². The number of hydrogen-bond donors (Lipinski definition) is 1. The molecule has 0 fully saturated rings. The molecule has 2 N–H and O–H groups in total. The summed E-state index contributed by atoms with van der Waals surface area (Å²) in [5, 5.41) is 10.4. The Morgan fingerprint density at radius 1 is 1.47 bits per heavy atom. The first-order valence-corrected chi connectivity index (χ1v) is 4.69. The van der Waals surface area contributed by atoms with Gasteiger partial charge < -0.3 is 5.73 Å². The summed E-state index contributed by atoms with van der Waals surface area (Å²) in [6.07, 6.45) is 1.92. The summed E-state index contributed by atoms with van der Waals surface area (Å²) in [6, 6.07) is 6.40. The van der Waals surface area contributed by atoms with Crippen LogP contribution in [0.25, 0.3) is 6.08 Å². The monoisotopic (exact) mass is 206 g/mol. The minimum atomic E-state index is -0.411. The minimum Gasteiger partial charge on any atom is -0.324 e. The highest BCUT2D eigenvalue weighted by Crippen LogP contribution is 2.14. The van der Waals surface area contributed by atoms with Crippen molar-refractivity contribution in [3.05, 3.63) is 45.5 Å². The first-order chi connectivity index (χ1) is 7.00. The third kappa shape index (κ3) is 3.18. The lowest BCUT2D eigenvalue weighted by Crippen LogP contribution is -2.15. The van der Waals surface area contributed by atoms with Gasteiger partial charge in [0.2, 0.25) is 0 Å². The predicted molar refractivity (Wildman–Crippen MR) is 60.4 cm³/mol. The molecule has 0 bridgehead atoms. The van der Waals surface area contributed by atoms with Gasteiger partial charge in [-0.1, -0.05) is 11.6 Å². The third-order valence-electron chi connectivity index (χ3n) is 2.22. The van der Waals surface area contributed by atoms with Crippen LogP contribution in [0.3, 0.4) is 0 Å². The molecule has 1 aromatic carbocycles. The summed E-state index contributed by atoms with van der Waals surface area (Å²) in [7, 11) is 0. The topological polar surface area (TPSA) is 69.2 Å². The van der Waals surface area contributed by atoms with E-state index in [1.807, 2.05) is 19.9 Å². The van der Waals surface area contributed by atoms with Gasteiger partial charge in [0.1, 0.15) is 0 Å². The van der Waals surface area contributed by atoms with E-state index >= 15 is 0 Å². The molecule has 80 valence electrons. The average Bonchev–Trinajstić information content (AvgIpc) is 2.18. The molecule has 0 radical (unpaired) electrons. The van der Waals surface area contributed by atoms with Gasteiger partial charge in [0, 0.05) is 18.2 Å². The fraction of sp³-hybridized carbons (Fsp3) is 0.273. The molecule has 4 nitrogen and oxygen atoms in total. The van der Waals surface area contributed by atoms with Crippen LogP contribution in [0.4, 0.5) is 5.69 Å². The molecule has 4 heteroatoms. The second kappa shape index (κ2) is 4.70. The van der Waals surface area contributed by atoms with Crippen molar-refractivity contribution < 1.29 is 4.92 Å². The molecule has 0 aliphatic heterocycles. The van der Waals surface area contributed by atoms with Crippen molar-refractivity contribution in [2.45, 2.75) is 19.9 Å². The fourth-order valence-electron chi connectivity index (χ4n) is 1.09. The Balaban J connectivity index is 2.90. The van der Waals surface area contributed by atoms with Gasteiger partial charge in [-0.15, -0.1) is 0 Å². The van der Waals surface area contributed by atoms with E-state index in [0.717, 1.165) is 11.1 Å². The summed E-state index contributed by atoms with van der Waals surface area (Å²) in [5.41, 5.74) is 7.76. The molecular weight excluding hydrogens is 192 g/mol. The smallest absolute Gasteiger partial charge is 0.269 e. The third-order valence-corrected chi connectivity index (χ3v) is 2.22. The highest BCUT2D eigenvalue weighted by atomic mass is 16.6. The lowest BCUT2D eigenvalue weighted by molar-refractivity contribution is -0.384. The lowest BCUT2D eigenvalue weighted by Gasteiger charge is -2.04. The normalized spacial score (nSPS) is 13.7. The molecule has 0 unspecified atom stereocenters. The van der Waals surface area contributed by atoms with Crippen LogP contribution < -0.4 is 5.73 Å². The molecule has 0 aliphatic carbocycles. The van der Waals surface area contributed by atoms with Gasteiger partial charge >= 0.3 is 0 Å². The van der Waals surface area contributed by atoms with Crippen LogP contribution in [-0.2, 0) is 0 Å². The molecule has 1 atom stereocenters. The average molecular weight is 206 g/mol. The Kier molecular flexibility index (Phi) is 3.57. The number of rotatable bonds is 3. The molecule has 15 heavy (non-hydrogen) atoms. The highest BCUT2D eigenvalue weighted by Gasteiger charge is 2.03. The number of benzene rings is 1. The van der Waals surface area contributed by atoms with E-state index in [9.17, 15) is 10.1 Å². The van der Waals surface area contributed by atoms with Gasteiger partial charge in [0.15, 0.2) is 0 Å². The predicted octanol–water partition coefficient (Wildman–Crippen LogP) is 2.35. The van der Waals surface area contributed by atoms with E-state index in [1.54, 1.807) is 12.1 Å². The summed E-state index contributed by atoms with van der Waals surface area (Å²) in [6.45, 7) is 3.84. The first kappa shape index (κ1) is 11.4. The van der Waals surface area contributed by atoms with Crippen LogP contribution in [0.15, 0.2) is 29.8 Å². The van der Waals surface area contributed by atoms with Crippen molar-refractivity contribution in [3.63, 3.8) is 0 Å². The maximum Gasteiger partial charge on any atom is 0.269 e. The summed E-state index contributed by atoms with van der Waals surface area (Å²) < 4.78 is 0. The minimum absolute atomic E-state index is 0.000178. The van der Waals surface area contributed by atoms with Crippen molar-refractivity contribution in [2.24, 2.45) is 5.73 Å². The van der Waals surface area contributed by atoms with Gasteiger partial charge in [-0.3, -0.25) is 10.1 Å². The second-order valence-corrected chi connectivity index (χ2v) is 3.53. The summed E-state index contributed by atoms with van der Waals surface area (Å²) in [4.78, 5) is 10.0. The summed E-state index contributed by atoms with van der Waals surface area (Å²) >= 11 is 0. The Bertz CT molecular complexity index is 380. The second-order valence-electron chi connectivity index (χ2n) is 3.53. The van der Waals surface area contributed by atoms with Crippen LogP contribution in [0.2, 0.25) is 0 Å². The molecule has 0 amide bonds. The molecule has 0 heterocycles. The van der Waals surface area contributed by atoms with Crippen LogP contribution in [0.1, 0.15) is 19.4 Å². The molecule has 1 aromatic rings. The Morgan fingerprint density at radius 3 is 2.40 bits per heavy atom. The van der Waals surface area contributed by atoms with Crippen molar-refractivity contribution >= 4 is 11.8 Å². The first-order valence-electron chi connectivity index (χ1n) is 4.69. The SMILES string of the molecule is C/C(=C\c1ccc([N+](=O)[O-])cc1)[C@@H](C)N. The van der Waals surface area contributed by atoms with Gasteiger partial charge in [0.05, 0.1) is 4.92 Å². The number of nitro benzene ring substituents is 1. The fourth-order valence-corrected chi connectivity index (χ4v) is 1.09. The van der Waals surface area contributed by atoms with Crippen molar-refractivity contribution in [1.29, 1.82) is 0 Å². The lowest BCUT2D eigenvalue weighted by atomic mass is 10.1. The quantitative estimate of drug-likeness (QED) is 0.609. The molecule has 0 spiro atoms. The molecule has 1 rings (SSSR count). The zero-order valence-electron chi connectivity index (χ0n) is 8.81. The van der Waals surface area contributed by atoms with Gasteiger partial charge in [0.25, 0.3) is 5.69 Å².